The lowest BCUT2D eigenvalue weighted by Gasteiger charge is -2.20. The largest absolute Gasteiger partial charge is 0.365 e. The monoisotopic (exact) mass is 322 g/mol. The molecule has 0 aromatic carbocycles. The van der Waals surface area contributed by atoms with E-state index in [4.69, 9.17) is 11.5 Å². The number of unbranched alkanes of at least 4 members (excludes halogenated alkanes) is 1. The molecular formula is C11H23ClN6O3. The van der Waals surface area contributed by atoms with Crippen LogP contribution in [0.5, 0.6) is 0 Å². The fourth-order valence-corrected chi connectivity index (χ4v) is 2.12. The van der Waals surface area contributed by atoms with E-state index in [1.165, 1.54) is 0 Å². The van der Waals surface area contributed by atoms with E-state index in [9.17, 15) is 14.9 Å². The van der Waals surface area contributed by atoms with Crippen LogP contribution in [-0.4, -0.2) is 47.5 Å². The van der Waals surface area contributed by atoms with Gasteiger partial charge in [-0.05, 0) is 32.1 Å². The van der Waals surface area contributed by atoms with Gasteiger partial charge in [0.15, 0.2) is 5.03 Å². The van der Waals surface area contributed by atoms with Gasteiger partial charge in [0.25, 0.3) is 5.96 Å². The van der Waals surface area contributed by atoms with Gasteiger partial charge in [0.1, 0.15) is 5.10 Å². The maximum atomic E-state index is 11.9. The van der Waals surface area contributed by atoms with Crippen molar-refractivity contribution in [2.24, 2.45) is 16.6 Å². The molecule has 0 spiro atoms. The molecule has 9 nitrogen and oxygen atoms in total. The van der Waals surface area contributed by atoms with Crippen LogP contribution in [0.3, 0.4) is 0 Å². The number of hydrazone groups is 1. The van der Waals surface area contributed by atoms with E-state index in [-0.39, 0.29) is 24.3 Å². The Hall–Kier alpha value is -1.61. The molecule has 0 bridgehead atoms. The number of amides is 1. The number of nitrogens with one attached hydrogen (secondary N) is 1. The Balaban J connectivity index is 0.00000400. The molecule has 1 fully saturated rings. The van der Waals surface area contributed by atoms with Crippen molar-refractivity contribution in [1.82, 2.24) is 10.2 Å². The molecule has 5 N–H and O–H groups in total. The lowest BCUT2D eigenvalue weighted by atomic mass is 10.1. The van der Waals surface area contributed by atoms with Crippen molar-refractivity contribution in [2.45, 2.75) is 38.1 Å². The summed E-state index contributed by atoms with van der Waals surface area (Å²) in [5.41, 5.74) is 11.1. The van der Waals surface area contributed by atoms with Gasteiger partial charge in [-0.1, -0.05) is 0 Å². The lowest BCUT2D eigenvalue weighted by Crippen LogP contribution is -2.42. The molecule has 1 atom stereocenters. The molecule has 1 amide bonds. The van der Waals surface area contributed by atoms with Crippen molar-refractivity contribution in [1.29, 1.82) is 0 Å². The fraction of sp³-hybridized carbons (Fsp3) is 0.818. The number of nitro groups is 1. The highest BCUT2D eigenvalue weighted by Gasteiger charge is 2.22. The van der Waals surface area contributed by atoms with Crippen LogP contribution in [0, 0.1) is 10.1 Å². The summed E-state index contributed by atoms with van der Waals surface area (Å²) in [5.74, 6) is -0.197. The standard InChI is InChI=1S/C11H22N6O3.ClH/c12-9(10(18)16-7-3-4-8-16)5-1-2-6-14-11(13)15-17(19)20;/h9H,1-8,12H2,(H3,13,14,15);1H/t9-;/m0./s1. The average molecular weight is 323 g/mol. The number of nitrogens with two attached hydrogens (primary N) is 2. The van der Waals surface area contributed by atoms with Gasteiger partial charge in [-0.2, -0.15) is 0 Å². The maximum Gasteiger partial charge on any atom is 0.266 e. The van der Waals surface area contributed by atoms with Gasteiger partial charge < -0.3 is 21.7 Å². The SMILES string of the molecule is Cl.NC(=N[N+](=O)[O-])NCCCC[C@H](N)C(=O)N1CCCC1. The van der Waals surface area contributed by atoms with Crippen LogP contribution in [0.25, 0.3) is 0 Å². The van der Waals surface area contributed by atoms with Crippen molar-refractivity contribution < 1.29 is 9.83 Å². The van der Waals surface area contributed by atoms with Crippen molar-refractivity contribution in [3.05, 3.63) is 10.1 Å². The van der Waals surface area contributed by atoms with Gasteiger partial charge in [0.05, 0.1) is 6.04 Å². The second-order valence-electron chi connectivity index (χ2n) is 4.78. The van der Waals surface area contributed by atoms with Crippen LogP contribution in [0.2, 0.25) is 0 Å². The van der Waals surface area contributed by atoms with Crippen LogP contribution in [-0.2, 0) is 4.79 Å². The summed E-state index contributed by atoms with van der Waals surface area (Å²) in [7, 11) is 0. The summed E-state index contributed by atoms with van der Waals surface area (Å²) in [5, 5.41) is 14.7. The van der Waals surface area contributed by atoms with Crippen molar-refractivity contribution in [3.8, 4) is 0 Å². The van der Waals surface area contributed by atoms with Crippen LogP contribution in [0.1, 0.15) is 32.1 Å². The summed E-state index contributed by atoms with van der Waals surface area (Å²) in [6.07, 6.45) is 4.17. The number of rotatable bonds is 7. The van der Waals surface area contributed by atoms with Crippen molar-refractivity contribution >= 4 is 24.3 Å². The van der Waals surface area contributed by atoms with Gasteiger partial charge in [0, 0.05) is 19.6 Å². The Morgan fingerprint density at radius 3 is 2.57 bits per heavy atom. The average Bonchev–Trinajstić information content (AvgIpc) is 2.90. The second kappa shape index (κ2) is 10.2. The van der Waals surface area contributed by atoms with Gasteiger partial charge in [-0.3, -0.25) is 4.79 Å². The molecule has 1 aliphatic rings. The summed E-state index contributed by atoms with van der Waals surface area (Å²) < 4.78 is 0. The first-order valence-corrected chi connectivity index (χ1v) is 6.77. The number of carbonyl (C=O) groups is 1. The maximum absolute atomic E-state index is 11.9. The number of hydrogen-bond donors (Lipinski definition) is 3. The molecule has 122 valence electrons. The third-order valence-electron chi connectivity index (χ3n) is 3.17. The third-order valence-corrected chi connectivity index (χ3v) is 3.17. The summed E-state index contributed by atoms with van der Waals surface area (Å²) in [6, 6.07) is -0.460. The Morgan fingerprint density at radius 1 is 1.38 bits per heavy atom. The number of guanidine groups is 1. The zero-order valence-electron chi connectivity index (χ0n) is 11.9. The molecule has 0 aliphatic carbocycles. The molecule has 0 saturated carbocycles. The highest BCUT2D eigenvalue weighted by atomic mass is 35.5. The van der Waals surface area contributed by atoms with E-state index >= 15 is 0 Å². The molecule has 1 heterocycles. The first kappa shape index (κ1) is 19.4. The molecule has 21 heavy (non-hydrogen) atoms. The molecule has 0 aromatic heterocycles. The Bertz CT molecular complexity index is 373. The first-order chi connectivity index (χ1) is 9.50. The van der Waals surface area contributed by atoms with Crippen LogP contribution in [0.15, 0.2) is 5.10 Å². The summed E-state index contributed by atoms with van der Waals surface area (Å²) >= 11 is 0. The normalized spacial score (nSPS) is 16.2. The van der Waals surface area contributed by atoms with E-state index in [2.05, 4.69) is 10.4 Å². The zero-order valence-corrected chi connectivity index (χ0v) is 12.7. The molecule has 0 aromatic rings. The molecule has 10 heteroatoms. The Morgan fingerprint density at radius 2 is 2.00 bits per heavy atom. The number of nitrogens with zero attached hydrogens (tertiary/aromatic N) is 3. The number of halogens is 1. The third kappa shape index (κ3) is 7.66. The summed E-state index contributed by atoms with van der Waals surface area (Å²) in [4.78, 5) is 23.7. The van der Waals surface area contributed by atoms with E-state index in [1.807, 2.05) is 4.90 Å². The van der Waals surface area contributed by atoms with Gasteiger partial charge in [-0.25, -0.2) is 10.1 Å². The van der Waals surface area contributed by atoms with Crippen LogP contribution in [0.4, 0.5) is 0 Å². The predicted octanol–water partition coefficient (Wildman–Crippen LogP) is -0.376. The minimum atomic E-state index is -0.854. The van der Waals surface area contributed by atoms with Crippen LogP contribution < -0.4 is 16.8 Å². The number of hydrogen-bond acceptors (Lipinski definition) is 4. The van der Waals surface area contributed by atoms with Gasteiger partial charge >= 0.3 is 0 Å². The zero-order chi connectivity index (χ0) is 15.0. The van der Waals surface area contributed by atoms with Crippen molar-refractivity contribution in [3.63, 3.8) is 0 Å². The minimum Gasteiger partial charge on any atom is -0.365 e. The minimum absolute atomic E-state index is 0. The highest BCUT2D eigenvalue weighted by Crippen LogP contribution is 2.10. The number of likely N-dealkylation sites (tertiary alicyclic amines) is 1. The van der Waals surface area contributed by atoms with E-state index in [1.54, 1.807) is 0 Å². The Kier molecular flexibility index (Phi) is 9.39. The fourth-order valence-electron chi connectivity index (χ4n) is 2.12. The topological polar surface area (TPSA) is 140 Å². The molecule has 0 unspecified atom stereocenters. The highest BCUT2D eigenvalue weighted by molar-refractivity contribution is 5.85. The van der Waals surface area contributed by atoms with E-state index < -0.39 is 11.1 Å². The van der Waals surface area contributed by atoms with Crippen LogP contribution >= 0.6 is 12.4 Å². The van der Waals surface area contributed by atoms with E-state index in [0.717, 1.165) is 38.8 Å². The summed E-state index contributed by atoms with van der Waals surface area (Å²) in [6.45, 7) is 2.08. The quantitative estimate of drug-likeness (QED) is 0.192. The molecular weight excluding hydrogens is 300 g/mol. The Labute approximate surface area is 129 Å². The van der Waals surface area contributed by atoms with Crippen molar-refractivity contribution in [2.75, 3.05) is 19.6 Å². The first-order valence-electron chi connectivity index (χ1n) is 6.77. The number of carbonyl (C=O) groups excluding carboxylic acids is 1. The van der Waals surface area contributed by atoms with Gasteiger partial charge in [-0.15, -0.1) is 12.4 Å². The molecule has 1 rings (SSSR count). The smallest absolute Gasteiger partial charge is 0.266 e. The molecule has 0 radical (unpaired) electrons. The van der Waals surface area contributed by atoms with E-state index in [0.29, 0.717) is 13.0 Å². The second-order valence-corrected chi connectivity index (χ2v) is 4.78. The lowest BCUT2D eigenvalue weighted by molar-refractivity contribution is -0.485. The predicted molar refractivity (Wildman–Crippen MR) is 81.5 cm³/mol. The molecule has 1 saturated heterocycles. The molecule has 1 aliphatic heterocycles. The van der Waals surface area contributed by atoms with Gasteiger partial charge in [0.2, 0.25) is 5.91 Å².